The maximum Gasteiger partial charge on any atom is 0.309 e. The molecule has 0 aromatic carbocycles. The topological polar surface area (TPSA) is 78.9 Å². The number of carbonyl (C=O) groups is 3. The Kier molecular flexibility index (Phi) is 38.2. The Morgan fingerprint density at radius 3 is 1.37 bits per heavy atom. The molecule has 0 aromatic rings. The third kappa shape index (κ3) is 38.1. The van der Waals surface area contributed by atoms with Crippen LogP contribution in [0.4, 0.5) is 0 Å². The molecule has 0 aliphatic rings. The van der Waals surface area contributed by atoms with E-state index in [2.05, 4.69) is 81.5 Å². The molecule has 1 unspecified atom stereocenters. The zero-order valence-electron chi connectivity index (χ0n) is 33.5. The lowest BCUT2D eigenvalue weighted by Gasteiger charge is -2.18. The minimum atomic E-state index is -0.814. The quantitative estimate of drug-likeness (QED) is 0.0277. The first-order chi connectivity index (χ1) is 25.5. The summed E-state index contributed by atoms with van der Waals surface area (Å²) in [6.07, 6.45) is 49.2. The number of unbranched alkanes of at least 4 members (excludes halogenated alkanes) is 14. The molecule has 6 nitrogen and oxygen atoms in total. The van der Waals surface area contributed by atoms with Gasteiger partial charge in [-0.05, 0) is 77.0 Å². The molecule has 0 saturated carbocycles. The monoisotopic (exact) mass is 725 g/mol. The summed E-state index contributed by atoms with van der Waals surface area (Å²) in [5.41, 5.74) is 0. The summed E-state index contributed by atoms with van der Waals surface area (Å²) in [6.45, 7) is 6.23. The second-order valence-corrected chi connectivity index (χ2v) is 13.5. The molecule has 0 amide bonds. The Morgan fingerprint density at radius 1 is 0.423 bits per heavy atom. The Bertz CT molecular complexity index is 1020. The van der Waals surface area contributed by atoms with E-state index in [9.17, 15) is 14.4 Å². The van der Waals surface area contributed by atoms with Gasteiger partial charge in [0.1, 0.15) is 13.2 Å². The average molecular weight is 725 g/mol. The van der Waals surface area contributed by atoms with Crippen LogP contribution in [0.1, 0.15) is 181 Å². The third-order valence-corrected chi connectivity index (χ3v) is 8.46. The van der Waals surface area contributed by atoms with Crippen LogP contribution in [0.15, 0.2) is 72.9 Å². The maximum atomic E-state index is 12.6. The summed E-state index contributed by atoms with van der Waals surface area (Å²) in [6, 6.07) is 0. The zero-order chi connectivity index (χ0) is 38.0. The molecular weight excluding hydrogens is 649 g/mol. The molecule has 0 aliphatic heterocycles. The first kappa shape index (κ1) is 48.9. The van der Waals surface area contributed by atoms with E-state index in [1.165, 1.54) is 51.4 Å². The lowest BCUT2D eigenvalue weighted by molar-refractivity contribution is -0.166. The SMILES string of the molecule is CC/C=C\C/C=C\C/C=C\CC(=O)OCC(COC(=O)CCCCCCCCC/C=C\C/C=C\CC)OC(=O)CCCCCCC/C=C\CCCC. The van der Waals surface area contributed by atoms with Gasteiger partial charge in [0.25, 0.3) is 0 Å². The van der Waals surface area contributed by atoms with E-state index in [-0.39, 0.29) is 31.6 Å². The summed E-state index contributed by atoms with van der Waals surface area (Å²) < 4.78 is 16.5. The fourth-order valence-electron chi connectivity index (χ4n) is 5.34. The molecule has 0 N–H and O–H groups in total. The van der Waals surface area contributed by atoms with Crippen molar-refractivity contribution in [3.63, 3.8) is 0 Å². The van der Waals surface area contributed by atoms with Crippen LogP contribution in [-0.2, 0) is 28.6 Å². The highest BCUT2D eigenvalue weighted by Crippen LogP contribution is 2.12. The Labute approximate surface area is 319 Å². The normalized spacial score (nSPS) is 12.8. The molecule has 0 bridgehead atoms. The van der Waals surface area contributed by atoms with E-state index < -0.39 is 12.1 Å². The standard InChI is InChI=1S/C46H76O6/c1-4-7-10-13-16-19-21-22-23-25-27-30-33-36-39-45(48)51-42-43(41-50-44(47)38-35-32-29-26-18-15-12-9-6-3)52-46(49)40-37-34-31-28-24-20-17-14-11-8-5-2/h7,9-10,12,14,16-19,26,32,35,43H,4-6,8,11,13,15,20-25,27-31,33-34,36-42H2,1-3H3/b10-7-,12-9-,17-14-,19-16-,26-18-,35-32-. The molecule has 0 rings (SSSR count). The summed E-state index contributed by atoms with van der Waals surface area (Å²) >= 11 is 0. The van der Waals surface area contributed by atoms with Crippen molar-refractivity contribution in [2.45, 2.75) is 187 Å². The number of rotatable bonds is 36. The van der Waals surface area contributed by atoms with Gasteiger partial charge in [-0.25, -0.2) is 0 Å². The number of allylic oxidation sites excluding steroid dienone is 11. The van der Waals surface area contributed by atoms with Crippen molar-refractivity contribution in [2.24, 2.45) is 0 Å². The van der Waals surface area contributed by atoms with Crippen molar-refractivity contribution >= 4 is 17.9 Å². The second kappa shape index (κ2) is 40.6. The third-order valence-electron chi connectivity index (χ3n) is 8.46. The predicted octanol–water partition coefficient (Wildman–Crippen LogP) is 13.1. The van der Waals surface area contributed by atoms with E-state index in [4.69, 9.17) is 14.2 Å². The van der Waals surface area contributed by atoms with Crippen molar-refractivity contribution in [3.8, 4) is 0 Å². The number of hydrogen-bond acceptors (Lipinski definition) is 6. The average Bonchev–Trinajstić information content (AvgIpc) is 3.14. The van der Waals surface area contributed by atoms with Crippen LogP contribution in [0.5, 0.6) is 0 Å². The summed E-state index contributed by atoms with van der Waals surface area (Å²) in [5, 5.41) is 0. The minimum Gasteiger partial charge on any atom is -0.462 e. The van der Waals surface area contributed by atoms with E-state index in [1.807, 2.05) is 6.08 Å². The molecule has 0 radical (unpaired) electrons. The molecule has 296 valence electrons. The molecule has 52 heavy (non-hydrogen) atoms. The van der Waals surface area contributed by atoms with Crippen molar-refractivity contribution in [2.75, 3.05) is 13.2 Å². The first-order valence-corrected chi connectivity index (χ1v) is 20.9. The van der Waals surface area contributed by atoms with Gasteiger partial charge >= 0.3 is 17.9 Å². The highest BCUT2D eigenvalue weighted by atomic mass is 16.6. The number of hydrogen-bond donors (Lipinski definition) is 0. The Balaban J connectivity index is 4.46. The van der Waals surface area contributed by atoms with Gasteiger partial charge in [0, 0.05) is 12.8 Å². The van der Waals surface area contributed by atoms with Crippen molar-refractivity contribution in [1.82, 2.24) is 0 Å². The van der Waals surface area contributed by atoms with Crippen LogP contribution in [0, 0.1) is 0 Å². The summed E-state index contributed by atoms with van der Waals surface area (Å²) in [7, 11) is 0. The van der Waals surface area contributed by atoms with Crippen molar-refractivity contribution < 1.29 is 28.6 Å². The van der Waals surface area contributed by atoms with Crippen LogP contribution in [0.25, 0.3) is 0 Å². The van der Waals surface area contributed by atoms with E-state index in [1.54, 1.807) is 6.08 Å². The molecule has 0 spiro atoms. The van der Waals surface area contributed by atoms with Crippen molar-refractivity contribution in [1.29, 1.82) is 0 Å². The highest BCUT2D eigenvalue weighted by Gasteiger charge is 2.19. The lowest BCUT2D eigenvalue weighted by Crippen LogP contribution is -2.30. The predicted molar refractivity (Wildman–Crippen MR) is 219 cm³/mol. The molecule has 0 fully saturated rings. The van der Waals surface area contributed by atoms with Crippen LogP contribution < -0.4 is 0 Å². The molecule has 6 heteroatoms. The Hall–Kier alpha value is -3.15. The number of carbonyl (C=O) groups excluding carboxylic acids is 3. The molecular formula is C46H76O6. The number of ether oxygens (including phenoxy) is 3. The van der Waals surface area contributed by atoms with Gasteiger partial charge in [-0.15, -0.1) is 0 Å². The van der Waals surface area contributed by atoms with E-state index in [0.717, 1.165) is 89.9 Å². The van der Waals surface area contributed by atoms with Crippen LogP contribution >= 0.6 is 0 Å². The number of esters is 3. The molecule has 0 aliphatic carbocycles. The fourth-order valence-corrected chi connectivity index (χ4v) is 5.34. The summed E-state index contributed by atoms with van der Waals surface area (Å²) in [5.74, 6) is -1.07. The molecule has 0 saturated heterocycles. The van der Waals surface area contributed by atoms with Crippen LogP contribution in [0.3, 0.4) is 0 Å². The van der Waals surface area contributed by atoms with Gasteiger partial charge in [-0.2, -0.15) is 0 Å². The highest BCUT2D eigenvalue weighted by molar-refractivity contribution is 5.72. The van der Waals surface area contributed by atoms with Gasteiger partial charge in [0.15, 0.2) is 6.10 Å². The van der Waals surface area contributed by atoms with Gasteiger partial charge < -0.3 is 14.2 Å². The lowest BCUT2D eigenvalue weighted by atomic mass is 10.1. The van der Waals surface area contributed by atoms with Crippen LogP contribution in [-0.4, -0.2) is 37.2 Å². The second-order valence-electron chi connectivity index (χ2n) is 13.5. The molecule has 0 heterocycles. The largest absolute Gasteiger partial charge is 0.462 e. The van der Waals surface area contributed by atoms with Gasteiger partial charge in [0.05, 0.1) is 6.42 Å². The van der Waals surface area contributed by atoms with E-state index >= 15 is 0 Å². The Morgan fingerprint density at radius 2 is 0.827 bits per heavy atom. The fraction of sp³-hybridized carbons (Fsp3) is 0.674. The maximum absolute atomic E-state index is 12.6. The first-order valence-electron chi connectivity index (χ1n) is 20.9. The van der Waals surface area contributed by atoms with Crippen molar-refractivity contribution in [3.05, 3.63) is 72.9 Å². The smallest absolute Gasteiger partial charge is 0.309 e. The van der Waals surface area contributed by atoms with Crippen LogP contribution in [0.2, 0.25) is 0 Å². The zero-order valence-corrected chi connectivity index (χ0v) is 33.5. The van der Waals surface area contributed by atoms with Gasteiger partial charge in [-0.1, -0.05) is 158 Å². The van der Waals surface area contributed by atoms with Gasteiger partial charge in [0.2, 0.25) is 0 Å². The van der Waals surface area contributed by atoms with E-state index in [0.29, 0.717) is 12.8 Å². The molecule has 1 atom stereocenters. The molecule has 0 aromatic heterocycles. The summed E-state index contributed by atoms with van der Waals surface area (Å²) in [4.78, 5) is 37.5. The van der Waals surface area contributed by atoms with Gasteiger partial charge in [-0.3, -0.25) is 14.4 Å². The minimum absolute atomic E-state index is 0.111.